The molecule has 0 saturated carbocycles. The quantitative estimate of drug-likeness (QED) is 0.551. The highest BCUT2D eigenvalue weighted by molar-refractivity contribution is 6.30. The number of anilines is 1. The Labute approximate surface area is 203 Å². The molecule has 0 aliphatic carbocycles. The summed E-state index contributed by atoms with van der Waals surface area (Å²) in [4.78, 5) is 17.6. The van der Waals surface area contributed by atoms with Crippen LogP contribution in [0.25, 0.3) is 0 Å². The third-order valence-electron chi connectivity index (χ3n) is 6.56. The van der Waals surface area contributed by atoms with Gasteiger partial charge in [-0.25, -0.2) is 0 Å². The van der Waals surface area contributed by atoms with Crippen LogP contribution in [0.15, 0.2) is 48.5 Å². The van der Waals surface area contributed by atoms with Crippen molar-refractivity contribution in [2.45, 2.75) is 38.0 Å². The van der Waals surface area contributed by atoms with E-state index in [-0.39, 0.29) is 17.6 Å². The molecule has 6 nitrogen and oxygen atoms in total. The summed E-state index contributed by atoms with van der Waals surface area (Å²) in [5, 5.41) is 14.9. The molecule has 0 radical (unpaired) electrons. The van der Waals surface area contributed by atoms with E-state index in [0.29, 0.717) is 23.7 Å². The Bertz CT molecular complexity index is 939. The Balaban J connectivity index is 1.42. The van der Waals surface area contributed by atoms with Gasteiger partial charge in [0.15, 0.2) is 0 Å². The maximum atomic E-state index is 13.2. The predicted molar refractivity (Wildman–Crippen MR) is 127 cm³/mol. The molecule has 34 heavy (non-hydrogen) atoms. The molecule has 0 bridgehead atoms. The van der Waals surface area contributed by atoms with Gasteiger partial charge in [-0.2, -0.15) is 8.78 Å². The fourth-order valence-electron chi connectivity index (χ4n) is 4.71. The fourth-order valence-corrected chi connectivity index (χ4v) is 4.83. The summed E-state index contributed by atoms with van der Waals surface area (Å²) in [5.41, 5.74) is 1.57. The van der Waals surface area contributed by atoms with Crippen LogP contribution >= 0.6 is 11.6 Å². The average Bonchev–Trinajstić information content (AvgIpc) is 3.51. The highest BCUT2D eigenvalue weighted by Gasteiger charge is 2.33. The van der Waals surface area contributed by atoms with Crippen LogP contribution in [0.3, 0.4) is 0 Å². The molecule has 4 rings (SSSR count). The third kappa shape index (κ3) is 6.37. The van der Waals surface area contributed by atoms with Crippen molar-refractivity contribution in [1.82, 2.24) is 10.2 Å². The molecule has 2 fully saturated rings. The number of nitrogens with zero attached hydrogens (tertiary/aromatic N) is 2. The molecule has 2 saturated heterocycles. The number of aliphatic hydroxyl groups is 1. The zero-order valence-corrected chi connectivity index (χ0v) is 19.6. The first kappa shape index (κ1) is 24.7. The summed E-state index contributed by atoms with van der Waals surface area (Å²) in [6.07, 6.45) is 1.93. The van der Waals surface area contributed by atoms with Crippen LogP contribution in [0.2, 0.25) is 5.02 Å². The Kier molecular flexibility index (Phi) is 8.24. The summed E-state index contributed by atoms with van der Waals surface area (Å²) in [7, 11) is 0. The van der Waals surface area contributed by atoms with Gasteiger partial charge in [-0.05, 0) is 74.3 Å². The molecule has 3 atom stereocenters. The van der Waals surface area contributed by atoms with Gasteiger partial charge < -0.3 is 25.0 Å². The molecule has 2 heterocycles. The highest BCUT2D eigenvalue weighted by atomic mass is 35.5. The number of nitrogens with one attached hydrogen (secondary N) is 1. The SMILES string of the molecule is O=C(N[C@H](CN1CCCC1)[C@H](O)c1ccc(OC(F)F)cc1)C1CCN(c2ccc(Cl)cc2)C1. The van der Waals surface area contributed by atoms with Gasteiger partial charge in [-0.1, -0.05) is 23.7 Å². The van der Waals surface area contributed by atoms with Gasteiger partial charge in [0.2, 0.25) is 5.91 Å². The van der Waals surface area contributed by atoms with Gasteiger partial charge in [0.1, 0.15) is 11.9 Å². The lowest BCUT2D eigenvalue weighted by Gasteiger charge is -2.30. The van der Waals surface area contributed by atoms with Crippen molar-refractivity contribution < 1.29 is 23.4 Å². The van der Waals surface area contributed by atoms with Gasteiger partial charge in [-0.15, -0.1) is 0 Å². The number of aliphatic hydroxyl groups excluding tert-OH is 1. The number of hydrogen-bond acceptors (Lipinski definition) is 5. The van der Waals surface area contributed by atoms with E-state index < -0.39 is 18.8 Å². The second-order valence-corrected chi connectivity index (χ2v) is 9.36. The second-order valence-electron chi connectivity index (χ2n) is 8.92. The van der Waals surface area contributed by atoms with Crippen molar-refractivity contribution in [1.29, 1.82) is 0 Å². The first-order chi connectivity index (χ1) is 16.4. The van der Waals surface area contributed by atoms with Crippen molar-refractivity contribution in [3.8, 4) is 5.75 Å². The molecule has 2 aromatic carbocycles. The standard InChI is InChI=1S/C25H30ClF2N3O3/c26-19-5-7-20(8-6-19)31-14-11-18(15-31)24(33)29-22(16-30-12-1-2-13-30)23(32)17-3-9-21(10-4-17)34-25(27)28/h3-10,18,22-23,25,32H,1-2,11-16H2,(H,29,33)/t18?,22-,23-/m1/s1. The van der Waals surface area contributed by atoms with Crippen molar-refractivity contribution in [3.63, 3.8) is 0 Å². The van der Waals surface area contributed by atoms with E-state index in [1.54, 1.807) is 12.1 Å². The monoisotopic (exact) mass is 493 g/mol. The highest BCUT2D eigenvalue weighted by Crippen LogP contribution is 2.27. The normalized spacial score (nSPS) is 20.5. The van der Waals surface area contributed by atoms with Crippen LogP contribution in [0.1, 0.15) is 30.9 Å². The minimum absolute atomic E-state index is 0.0272. The smallest absolute Gasteiger partial charge is 0.387 e. The number of halogens is 3. The summed E-state index contributed by atoms with van der Waals surface area (Å²) < 4.78 is 29.3. The molecule has 0 aromatic heterocycles. The largest absolute Gasteiger partial charge is 0.435 e. The van der Waals surface area contributed by atoms with Crippen LogP contribution in [0.4, 0.5) is 14.5 Å². The number of ether oxygens (including phenoxy) is 1. The molecular weight excluding hydrogens is 464 g/mol. The van der Waals surface area contributed by atoms with E-state index in [4.69, 9.17) is 11.6 Å². The molecule has 2 aromatic rings. The first-order valence-electron chi connectivity index (χ1n) is 11.6. The van der Waals surface area contributed by atoms with Crippen LogP contribution in [-0.4, -0.2) is 61.3 Å². The summed E-state index contributed by atoms with van der Waals surface area (Å²) in [6, 6.07) is 13.0. The Hall–Kier alpha value is -2.42. The molecule has 9 heteroatoms. The number of amides is 1. The zero-order chi connectivity index (χ0) is 24.1. The zero-order valence-electron chi connectivity index (χ0n) is 18.9. The first-order valence-corrected chi connectivity index (χ1v) is 12.0. The third-order valence-corrected chi connectivity index (χ3v) is 6.81. The summed E-state index contributed by atoms with van der Waals surface area (Å²) in [5.74, 6) is -0.248. The molecule has 1 amide bonds. The number of rotatable bonds is 9. The number of hydrogen-bond donors (Lipinski definition) is 2. The van der Waals surface area contributed by atoms with Crippen molar-refractivity contribution in [2.24, 2.45) is 5.92 Å². The lowest BCUT2D eigenvalue weighted by Crippen LogP contribution is -2.48. The number of alkyl halides is 2. The minimum Gasteiger partial charge on any atom is -0.435 e. The van der Waals surface area contributed by atoms with E-state index in [1.807, 2.05) is 24.3 Å². The Morgan fingerprint density at radius 3 is 2.41 bits per heavy atom. The van der Waals surface area contributed by atoms with E-state index in [2.05, 4.69) is 19.9 Å². The molecule has 2 aliphatic heterocycles. The molecule has 0 spiro atoms. The van der Waals surface area contributed by atoms with Gasteiger partial charge in [0.25, 0.3) is 0 Å². The van der Waals surface area contributed by atoms with E-state index in [9.17, 15) is 18.7 Å². The average molecular weight is 494 g/mol. The Morgan fingerprint density at radius 2 is 1.76 bits per heavy atom. The van der Waals surface area contributed by atoms with Crippen molar-refractivity contribution >= 4 is 23.2 Å². The minimum atomic E-state index is -2.91. The van der Waals surface area contributed by atoms with Gasteiger partial charge in [0.05, 0.1) is 12.0 Å². The summed E-state index contributed by atoms with van der Waals surface area (Å²) in [6.45, 7) is 0.833. The second kappa shape index (κ2) is 11.3. The van der Waals surface area contributed by atoms with Crippen LogP contribution in [0.5, 0.6) is 5.75 Å². The predicted octanol–water partition coefficient (Wildman–Crippen LogP) is 4.08. The number of carbonyl (C=O) groups excluding carboxylic acids is 1. The van der Waals surface area contributed by atoms with Crippen LogP contribution in [0, 0.1) is 5.92 Å². The lowest BCUT2D eigenvalue weighted by molar-refractivity contribution is -0.126. The van der Waals surface area contributed by atoms with E-state index >= 15 is 0 Å². The number of likely N-dealkylation sites (tertiary alicyclic amines) is 1. The lowest BCUT2D eigenvalue weighted by atomic mass is 10.00. The maximum absolute atomic E-state index is 13.2. The van der Waals surface area contributed by atoms with Gasteiger partial charge in [0, 0.05) is 30.3 Å². The molecule has 1 unspecified atom stereocenters. The molecular formula is C25H30ClF2N3O3. The summed E-state index contributed by atoms with van der Waals surface area (Å²) >= 11 is 5.98. The van der Waals surface area contributed by atoms with Crippen molar-refractivity contribution in [3.05, 3.63) is 59.1 Å². The molecule has 184 valence electrons. The molecule has 2 N–H and O–H groups in total. The van der Waals surface area contributed by atoms with E-state index in [1.165, 1.54) is 12.1 Å². The number of benzene rings is 2. The van der Waals surface area contributed by atoms with Gasteiger partial charge in [-0.3, -0.25) is 4.79 Å². The van der Waals surface area contributed by atoms with E-state index in [0.717, 1.165) is 44.6 Å². The van der Waals surface area contributed by atoms with Crippen LogP contribution in [-0.2, 0) is 4.79 Å². The topological polar surface area (TPSA) is 65.0 Å². The van der Waals surface area contributed by atoms with Gasteiger partial charge >= 0.3 is 6.61 Å². The van der Waals surface area contributed by atoms with Crippen molar-refractivity contribution in [2.75, 3.05) is 37.6 Å². The maximum Gasteiger partial charge on any atom is 0.387 e. The number of carbonyl (C=O) groups is 1. The fraction of sp³-hybridized carbons (Fsp3) is 0.480. The molecule has 2 aliphatic rings. The Morgan fingerprint density at radius 1 is 1.09 bits per heavy atom. The van der Waals surface area contributed by atoms with Crippen LogP contribution < -0.4 is 15.0 Å².